The Kier molecular flexibility index (Phi) is 5.78. The Hall–Kier alpha value is -1.32. The molecule has 4 nitrogen and oxygen atoms in total. The van der Waals surface area contributed by atoms with E-state index in [1.165, 1.54) is 6.92 Å². The number of Topliss-reactive ketones (excluding diaryl/α,β-unsaturated/α-hetero) is 1. The maximum atomic E-state index is 11.0. The van der Waals surface area contributed by atoms with Crippen molar-refractivity contribution in [1.29, 1.82) is 0 Å². The van der Waals surface area contributed by atoms with Crippen LogP contribution in [0, 0.1) is 5.41 Å². The fourth-order valence-electron chi connectivity index (χ4n) is 0.791. The molecule has 92 valence electrons. The molecule has 0 fully saturated rings. The van der Waals surface area contributed by atoms with Crippen LogP contribution in [-0.4, -0.2) is 25.0 Å². The molecule has 0 aromatic rings. The highest BCUT2D eigenvalue weighted by molar-refractivity contribution is 5.94. The van der Waals surface area contributed by atoms with Crippen molar-refractivity contribution in [3.05, 3.63) is 12.3 Å². The quantitative estimate of drug-likeness (QED) is 0.302. The molecule has 0 N–H and O–H groups in total. The molecule has 0 atom stereocenters. The third kappa shape index (κ3) is 7.04. The third-order valence-electron chi connectivity index (χ3n) is 1.85. The molecule has 0 aromatic carbocycles. The van der Waals surface area contributed by atoms with Gasteiger partial charge in [-0.05, 0) is 6.92 Å². The summed E-state index contributed by atoms with van der Waals surface area (Å²) < 4.78 is 10.1. The number of esters is 1. The van der Waals surface area contributed by atoms with Gasteiger partial charge in [-0.25, -0.2) is 0 Å². The molecule has 0 aliphatic rings. The third-order valence-corrected chi connectivity index (χ3v) is 1.85. The lowest BCUT2D eigenvalue weighted by molar-refractivity contribution is -0.146. The van der Waals surface area contributed by atoms with Crippen LogP contribution in [0.2, 0.25) is 0 Å². The van der Waals surface area contributed by atoms with Crippen LogP contribution in [0.25, 0.3) is 0 Å². The highest BCUT2D eigenvalue weighted by Gasteiger charge is 2.16. The summed E-state index contributed by atoms with van der Waals surface area (Å²) in [5.41, 5.74) is -0.122. The van der Waals surface area contributed by atoms with Crippen molar-refractivity contribution in [2.45, 2.75) is 34.1 Å². The van der Waals surface area contributed by atoms with Gasteiger partial charge in [0, 0.05) is 5.41 Å². The van der Waals surface area contributed by atoms with Gasteiger partial charge >= 0.3 is 5.97 Å². The zero-order valence-corrected chi connectivity index (χ0v) is 10.5. The van der Waals surface area contributed by atoms with Gasteiger partial charge in [0.15, 0.2) is 0 Å². The van der Waals surface area contributed by atoms with Crippen LogP contribution >= 0.6 is 0 Å². The van der Waals surface area contributed by atoms with Crippen molar-refractivity contribution in [2.24, 2.45) is 5.41 Å². The first kappa shape index (κ1) is 14.7. The van der Waals surface area contributed by atoms with Crippen molar-refractivity contribution in [1.82, 2.24) is 0 Å². The first-order valence-corrected chi connectivity index (χ1v) is 5.20. The molecule has 0 saturated carbocycles. The van der Waals surface area contributed by atoms with E-state index in [1.54, 1.807) is 0 Å². The average Bonchev–Trinajstić information content (AvgIpc) is 2.09. The molecule has 0 rings (SSSR count). The van der Waals surface area contributed by atoms with Crippen molar-refractivity contribution >= 4 is 11.8 Å². The van der Waals surface area contributed by atoms with Crippen molar-refractivity contribution < 1.29 is 19.1 Å². The summed E-state index contributed by atoms with van der Waals surface area (Å²) in [7, 11) is 0. The van der Waals surface area contributed by atoms with Gasteiger partial charge in [0.1, 0.15) is 25.4 Å². The van der Waals surface area contributed by atoms with E-state index in [9.17, 15) is 9.59 Å². The molecule has 4 heteroatoms. The number of ketones is 1. The SMILES string of the molecule is C=C(OCCOC(=O)CC(C)=O)C(C)(C)C. The maximum absolute atomic E-state index is 11.0. The Bertz CT molecular complexity index is 273. The molecule has 0 aromatic heterocycles. The molecule has 0 unspecified atom stereocenters. The number of rotatable bonds is 6. The second-order valence-electron chi connectivity index (χ2n) is 4.62. The van der Waals surface area contributed by atoms with Gasteiger partial charge in [0.05, 0.1) is 5.76 Å². The lowest BCUT2D eigenvalue weighted by Crippen LogP contribution is -2.16. The van der Waals surface area contributed by atoms with Gasteiger partial charge < -0.3 is 9.47 Å². The van der Waals surface area contributed by atoms with E-state index in [2.05, 4.69) is 6.58 Å². The molecule has 0 heterocycles. The van der Waals surface area contributed by atoms with Gasteiger partial charge in [-0.3, -0.25) is 9.59 Å². The number of ether oxygens (including phenoxy) is 2. The van der Waals surface area contributed by atoms with Gasteiger partial charge in [-0.1, -0.05) is 27.4 Å². The molecule has 0 radical (unpaired) electrons. The Morgan fingerprint density at radius 1 is 1.12 bits per heavy atom. The van der Waals surface area contributed by atoms with Crippen LogP contribution in [0.4, 0.5) is 0 Å². The highest BCUT2D eigenvalue weighted by Crippen LogP contribution is 2.23. The minimum atomic E-state index is -0.516. The Balaban J connectivity index is 3.65. The predicted octanol–water partition coefficient (Wildman–Crippen LogP) is 2.09. The van der Waals surface area contributed by atoms with Gasteiger partial charge in [0.2, 0.25) is 0 Å². The molecule has 0 saturated heterocycles. The Morgan fingerprint density at radius 2 is 1.62 bits per heavy atom. The van der Waals surface area contributed by atoms with Crippen LogP contribution in [0.15, 0.2) is 12.3 Å². The lowest BCUT2D eigenvalue weighted by Gasteiger charge is -2.21. The maximum Gasteiger partial charge on any atom is 0.313 e. The molecule has 16 heavy (non-hydrogen) atoms. The standard InChI is InChI=1S/C12H20O4/c1-9(13)8-11(14)16-7-6-15-10(2)12(3,4)5/h2,6-8H2,1,3-5H3. The molecule has 0 amide bonds. The lowest BCUT2D eigenvalue weighted by atomic mass is 9.95. The zero-order valence-electron chi connectivity index (χ0n) is 10.5. The number of allylic oxidation sites excluding steroid dienone is 1. The summed E-state index contributed by atoms with van der Waals surface area (Å²) >= 11 is 0. The normalized spacial score (nSPS) is 10.8. The average molecular weight is 228 g/mol. The Morgan fingerprint density at radius 3 is 2.06 bits per heavy atom. The Labute approximate surface area is 96.6 Å². The van der Waals surface area contributed by atoms with Crippen molar-refractivity contribution in [3.63, 3.8) is 0 Å². The van der Waals surface area contributed by atoms with Crippen LogP contribution in [0.3, 0.4) is 0 Å². The van der Waals surface area contributed by atoms with Crippen LogP contribution < -0.4 is 0 Å². The monoisotopic (exact) mass is 228 g/mol. The summed E-state index contributed by atoms with van der Waals surface area (Å²) in [5, 5.41) is 0. The van der Waals surface area contributed by atoms with Gasteiger partial charge in [-0.2, -0.15) is 0 Å². The largest absolute Gasteiger partial charge is 0.494 e. The fraction of sp³-hybridized carbons (Fsp3) is 0.667. The van der Waals surface area contributed by atoms with Gasteiger partial charge in [0.25, 0.3) is 0 Å². The predicted molar refractivity (Wildman–Crippen MR) is 60.8 cm³/mol. The zero-order chi connectivity index (χ0) is 12.8. The van der Waals surface area contributed by atoms with E-state index >= 15 is 0 Å². The summed E-state index contributed by atoms with van der Waals surface area (Å²) in [6.45, 7) is 11.5. The molecule has 0 spiro atoms. The van der Waals surface area contributed by atoms with Crippen molar-refractivity contribution in [2.75, 3.05) is 13.2 Å². The molecular weight excluding hydrogens is 208 g/mol. The summed E-state index contributed by atoms with van der Waals surface area (Å²) in [4.78, 5) is 21.6. The minimum absolute atomic E-state index is 0.122. The minimum Gasteiger partial charge on any atom is -0.494 e. The summed E-state index contributed by atoms with van der Waals surface area (Å²) in [6.07, 6.45) is -0.180. The molecule has 0 aliphatic heterocycles. The number of carbonyl (C=O) groups excluding carboxylic acids is 2. The topological polar surface area (TPSA) is 52.6 Å². The van der Waals surface area contributed by atoms with E-state index in [-0.39, 0.29) is 30.8 Å². The highest BCUT2D eigenvalue weighted by atomic mass is 16.6. The molecular formula is C12H20O4. The summed E-state index contributed by atoms with van der Waals surface area (Å²) in [5.74, 6) is -0.0717. The molecule has 0 bridgehead atoms. The van der Waals surface area contributed by atoms with Crippen LogP contribution in [0.1, 0.15) is 34.1 Å². The smallest absolute Gasteiger partial charge is 0.313 e. The van der Waals surface area contributed by atoms with E-state index in [1.807, 2.05) is 20.8 Å². The number of hydrogen-bond donors (Lipinski definition) is 0. The summed E-state index contributed by atoms with van der Waals surface area (Å²) in [6, 6.07) is 0. The second kappa shape index (κ2) is 6.30. The van der Waals surface area contributed by atoms with E-state index in [4.69, 9.17) is 9.47 Å². The van der Waals surface area contributed by atoms with E-state index < -0.39 is 5.97 Å². The van der Waals surface area contributed by atoms with Crippen LogP contribution in [0.5, 0.6) is 0 Å². The second-order valence-corrected chi connectivity index (χ2v) is 4.62. The number of carbonyl (C=O) groups is 2. The van der Waals surface area contributed by atoms with E-state index in [0.29, 0.717) is 5.76 Å². The fourth-order valence-corrected chi connectivity index (χ4v) is 0.791. The first-order valence-electron chi connectivity index (χ1n) is 5.20. The van der Waals surface area contributed by atoms with Crippen LogP contribution in [-0.2, 0) is 19.1 Å². The van der Waals surface area contributed by atoms with Crippen molar-refractivity contribution in [3.8, 4) is 0 Å². The van der Waals surface area contributed by atoms with Gasteiger partial charge in [-0.15, -0.1) is 0 Å². The molecule has 0 aliphatic carbocycles. The van der Waals surface area contributed by atoms with E-state index in [0.717, 1.165) is 0 Å². The first-order chi connectivity index (χ1) is 7.23. The number of hydrogen-bond acceptors (Lipinski definition) is 4.